The Kier molecular flexibility index (Phi) is 7.14. The Morgan fingerprint density at radius 3 is 2.56 bits per heavy atom. The van der Waals surface area contributed by atoms with Crippen molar-refractivity contribution in [2.75, 3.05) is 45.5 Å². The molecule has 1 aliphatic rings. The Balaban J connectivity index is 2.16. The van der Waals surface area contributed by atoms with Crippen LogP contribution in [-0.2, 0) is 10.0 Å². The number of rotatable bonds is 8. The van der Waals surface area contributed by atoms with E-state index >= 15 is 0 Å². The molecule has 0 aromatic carbocycles. The Labute approximate surface area is 111 Å². The van der Waals surface area contributed by atoms with Crippen LogP contribution in [0.15, 0.2) is 0 Å². The highest BCUT2D eigenvalue weighted by Gasteiger charge is 2.18. The number of likely N-dealkylation sites (tertiary alicyclic amines) is 1. The van der Waals surface area contributed by atoms with Crippen LogP contribution in [0.5, 0.6) is 0 Å². The molecule has 0 amide bonds. The van der Waals surface area contributed by atoms with Gasteiger partial charge in [0, 0.05) is 6.54 Å². The highest BCUT2D eigenvalue weighted by molar-refractivity contribution is 7.89. The molecule has 0 unspecified atom stereocenters. The van der Waals surface area contributed by atoms with Crippen LogP contribution in [0.3, 0.4) is 0 Å². The summed E-state index contributed by atoms with van der Waals surface area (Å²) in [6, 6.07) is 0. The Morgan fingerprint density at radius 2 is 1.94 bits per heavy atom. The molecule has 6 heteroatoms. The zero-order chi connectivity index (χ0) is 13.4. The number of nitrogens with zero attached hydrogens (tertiary/aromatic N) is 1. The lowest BCUT2D eigenvalue weighted by Gasteiger charge is -2.28. The van der Waals surface area contributed by atoms with Crippen molar-refractivity contribution < 1.29 is 8.42 Å². The van der Waals surface area contributed by atoms with Crippen LogP contribution in [0.25, 0.3) is 0 Å². The van der Waals surface area contributed by atoms with Gasteiger partial charge < -0.3 is 10.2 Å². The number of hydrogen-bond donors (Lipinski definition) is 2. The molecule has 1 fully saturated rings. The first-order valence-corrected chi connectivity index (χ1v) is 8.55. The fourth-order valence-electron chi connectivity index (χ4n) is 2.15. The van der Waals surface area contributed by atoms with Gasteiger partial charge in [-0.05, 0) is 58.4 Å². The second-order valence-corrected chi connectivity index (χ2v) is 7.05. The predicted octanol–water partition coefficient (Wildman–Crippen LogP) is 0.247. The van der Waals surface area contributed by atoms with Crippen molar-refractivity contribution in [1.82, 2.24) is 14.9 Å². The van der Waals surface area contributed by atoms with Crippen molar-refractivity contribution in [2.45, 2.75) is 26.2 Å². The molecule has 0 saturated carbocycles. The van der Waals surface area contributed by atoms with Crippen molar-refractivity contribution in [3.05, 3.63) is 0 Å². The monoisotopic (exact) mass is 277 g/mol. The summed E-state index contributed by atoms with van der Waals surface area (Å²) in [6.07, 6.45) is 2.86. The fraction of sp³-hybridized carbons (Fsp3) is 1.00. The van der Waals surface area contributed by atoms with E-state index in [0.717, 1.165) is 39.0 Å². The molecule has 0 atom stereocenters. The Morgan fingerprint density at radius 1 is 1.28 bits per heavy atom. The normalized spacial score (nSPS) is 19.2. The molecule has 2 N–H and O–H groups in total. The zero-order valence-electron chi connectivity index (χ0n) is 11.6. The maximum atomic E-state index is 11.8. The average Bonchev–Trinajstić information content (AvgIpc) is 2.34. The molecule has 1 saturated heterocycles. The summed E-state index contributed by atoms with van der Waals surface area (Å²) < 4.78 is 26.2. The van der Waals surface area contributed by atoms with Gasteiger partial charge >= 0.3 is 0 Å². The molecule has 0 bridgehead atoms. The van der Waals surface area contributed by atoms with E-state index in [0.29, 0.717) is 18.9 Å². The van der Waals surface area contributed by atoms with Crippen LogP contribution < -0.4 is 10.0 Å². The third-order valence-electron chi connectivity index (χ3n) is 3.45. The van der Waals surface area contributed by atoms with Gasteiger partial charge in [-0.3, -0.25) is 0 Å². The SMILES string of the molecule is CCNCCCS(=O)(=O)NCC1CCN(C)CC1. The van der Waals surface area contributed by atoms with Crippen LogP contribution in [0.2, 0.25) is 0 Å². The first-order valence-electron chi connectivity index (χ1n) is 6.90. The summed E-state index contributed by atoms with van der Waals surface area (Å²) in [6.45, 7) is 6.44. The molecule has 5 nitrogen and oxygen atoms in total. The standard InChI is InChI=1S/C12H27N3O2S/c1-3-13-7-4-10-18(16,17)14-11-12-5-8-15(2)9-6-12/h12-14H,3-11H2,1-2H3. The van der Waals surface area contributed by atoms with Gasteiger partial charge in [0.15, 0.2) is 0 Å². The number of piperidine rings is 1. The van der Waals surface area contributed by atoms with Crippen LogP contribution in [0.4, 0.5) is 0 Å². The second kappa shape index (κ2) is 8.09. The molecular formula is C12H27N3O2S. The maximum Gasteiger partial charge on any atom is 0.211 e. The van der Waals surface area contributed by atoms with E-state index in [-0.39, 0.29) is 5.75 Å². The van der Waals surface area contributed by atoms with Gasteiger partial charge in [-0.1, -0.05) is 6.92 Å². The number of sulfonamides is 1. The molecule has 0 spiro atoms. The first-order chi connectivity index (χ1) is 8.53. The molecule has 1 rings (SSSR count). The van der Waals surface area contributed by atoms with E-state index in [1.165, 1.54) is 0 Å². The Bertz CT molecular complexity index is 311. The van der Waals surface area contributed by atoms with Crippen LogP contribution in [0, 0.1) is 5.92 Å². The fourth-order valence-corrected chi connectivity index (χ4v) is 3.31. The summed E-state index contributed by atoms with van der Waals surface area (Å²) in [5, 5.41) is 3.13. The predicted molar refractivity (Wildman–Crippen MR) is 75.2 cm³/mol. The van der Waals surface area contributed by atoms with E-state index in [4.69, 9.17) is 0 Å². The van der Waals surface area contributed by atoms with Gasteiger partial charge in [0.1, 0.15) is 0 Å². The molecular weight excluding hydrogens is 250 g/mol. The number of hydrogen-bond acceptors (Lipinski definition) is 4. The summed E-state index contributed by atoms with van der Waals surface area (Å²) in [7, 11) is -0.966. The minimum atomic E-state index is -3.08. The van der Waals surface area contributed by atoms with Crippen molar-refractivity contribution in [3.63, 3.8) is 0 Å². The topological polar surface area (TPSA) is 61.4 Å². The smallest absolute Gasteiger partial charge is 0.211 e. The molecule has 0 aromatic heterocycles. The Hall–Kier alpha value is -0.170. The molecule has 0 radical (unpaired) electrons. The molecule has 0 aliphatic carbocycles. The van der Waals surface area contributed by atoms with Crippen molar-refractivity contribution in [2.24, 2.45) is 5.92 Å². The molecule has 108 valence electrons. The second-order valence-electron chi connectivity index (χ2n) is 5.12. The van der Waals surface area contributed by atoms with Gasteiger partial charge in [-0.25, -0.2) is 13.1 Å². The minimum Gasteiger partial charge on any atom is -0.317 e. The summed E-state index contributed by atoms with van der Waals surface area (Å²) >= 11 is 0. The van der Waals surface area contributed by atoms with Gasteiger partial charge in [0.2, 0.25) is 10.0 Å². The van der Waals surface area contributed by atoms with E-state index in [2.05, 4.69) is 22.0 Å². The quantitative estimate of drug-likeness (QED) is 0.624. The lowest BCUT2D eigenvalue weighted by Crippen LogP contribution is -2.37. The molecule has 1 heterocycles. The first kappa shape index (κ1) is 15.9. The van der Waals surface area contributed by atoms with Gasteiger partial charge in [0.25, 0.3) is 0 Å². The number of nitrogens with one attached hydrogen (secondary N) is 2. The molecule has 1 aliphatic heterocycles. The maximum absolute atomic E-state index is 11.8. The molecule has 0 aromatic rings. The lowest BCUT2D eigenvalue weighted by molar-refractivity contribution is 0.220. The van der Waals surface area contributed by atoms with Crippen molar-refractivity contribution >= 4 is 10.0 Å². The van der Waals surface area contributed by atoms with E-state index in [1.54, 1.807) is 0 Å². The largest absolute Gasteiger partial charge is 0.317 e. The molecule has 18 heavy (non-hydrogen) atoms. The zero-order valence-corrected chi connectivity index (χ0v) is 12.4. The van der Waals surface area contributed by atoms with Crippen LogP contribution >= 0.6 is 0 Å². The van der Waals surface area contributed by atoms with Gasteiger partial charge in [-0.15, -0.1) is 0 Å². The highest BCUT2D eigenvalue weighted by Crippen LogP contribution is 2.14. The van der Waals surface area contributed by atoms with Gasteiger partial charge in [0.05, 0.1) is 5.75 Å². The summed E-state index contributed by atoms with van der Waals surface area (Å²) in [5.41, 5.74) is 0. The summed E-state index contributed by atoms with van der Waals surface area (Å²) in [5.74, 6) is 0.733. The third-order valence-corrected chi connectivity index (χ3v) is 4.88. The van der Waals surface area contributed by atoms with Crippen LogP contribution in [0.1, 0.15) is 26.2 Å². The van der Waals surface area contributed by atoms with E-state index in [9.17, 15) is 8.42 Å². The van der Waals surface area contributed by atoms with E-state index in [1.807, 2.05) is 6.92 Å². The highest BCUT2D eigenvalue weighted by atomic mass is 32.2. The summed E-state index contributed by atoms with van der Waals surface area (Å²) in [4.78, 5) is 2.29. The van der Waals surface area contributed by atoms with Crippen LogP contribution in [-0.4, -0.2) is 58.8 Å². The minimum absolute atomic E-state index is 0.229. The van der Waals surface area contributed by atoms with E-state index < -0.39 is 10.0 Å². The van der Waals surface area contributed by atoms with Crippen molar-refractivity contribution in [1.29, 1.82) is 0 Å². The van der Waals surface area contributed by atoms with Gasteiger partial charge in [-0.2, -0.15) is 0 Å². The van der Waals surface area contributed by atoms with Crippen molar-refractivity contribution in [3.8, 4) is 0 Å². The average molecular weight is 277 g/mol. The third kappa shape index (κ3) is 6.68. The lowest BCUT2D eigenvalue weighted by atomic mass is 9.98.